The van der Waals surface area contributed by atoms with Gasteiger partial charge in [0.2, 0.25) is 0 Å². The Morgan fingerprint density at radius 3 is 2.15 bits per heavy atom. The van der Waals surface area contributed by atoms with Crippen LogP contribution in [0.25, 0.3) is 0 Å². The Kier molecular flexibility index (Phi) is 4.89. The number of rotatable bonds is 3. The van der Waals surface area contributed by atoms with Gasteiger partial charge >= 0.3 is 11.9 Å². The molecule has 110 valence electrons. The van der Waals surface area contributed by atoms with E-state index in [1.807, 2.05) is 0 Å². The van der Waals surface area contributed by atoms with Gasteiger partial charge in [-0.3, -0.25) is 0 Å². The first-order valence-corrected chi connectivity index (χ1v) is 5.57. The molecule has 2 rings (SSSR count). The lowest BCUT2D eigenvalue weighted by molar-refractivity contribution is -0.163. The van der Waals surface area contributed by atoms with Gasteiger partial charge in [-0.1, -0.05) is 0 Å². The van der Waals surface area contributed by atoms with Crippen LogP contribution in [0.4, 0.5) is 0 Å². The number of nitrogens with one attached hydrogen (secondary N) is 1. The number of hydrogen-bond donors (Lipinski definition) is 5. The minimum absolute atomic E-state index is 0.129. The lowest BCUT2D eigenvalue weighted by Crippen LogP contribution is -2.64. The summed E-state index contributed by atoms with van der Waals surface area (Å²) >= 11 is 0. The molecule has 1 aromatic carbocycles. The van der Waals surface area contributed by atoms with Crippen LogP contribution in [0.5, 0.6) is 11.5 Å². The standard InChI is InChI=1S/C8H8O4.C4H7NO3/c1-12-5-2-3-6(8(10)11)7(9)4-5;6-3(7)4(8)1-5-2-4/h2-4,9H,1H3,(H,10,11);5,8H,1-2H2,(H,6,7). The first kappa shape index (κ1) is 15.7. The number of aromatic hydroxyl groups is 1. The predicted octanol–water partition coefficient (Wildman–Crippen LogP) is -0.496. The zero-order valence-corrected chi connectivity index (χ0v) is 10.7. The van der Waals surface area contributed by atoms with Crippen LogP contribution in [0.2, 0.25) is 0 Å². The molecule has 0 amide bonds. The summed E-state index contributed by atoms with van der Waals surface area (Å²) in [6.45, 7) is 0.338. The summed E-state index contributed by atoms with van der Waals surface area (Å²) in [5.74, 6) is -2.16. The average molecular weight is 285 g/mol. The van der Waals surface area contributed by atoms with Gasteiger partial charge in [-0.25, -0.2) is 9.59 Å². The summed E-state index contributed by atoms with van der Waals surface area (Å²) in [7, 11) is 1.44. The van der Waals surface area contributed by atoms with E-state index < -0.39 is 17.5 Å². The fourth-order valence-corrected chi connectivity index (χ4v) is 1.33. The summed E-state index contributed by atoms with van der Waals surface area (Å²) in [6, 6.07) is 4.02. The van der Waals surface area contributed by atoms with Crippen LogP contribution in [-0.4, -0.2) is 58.2 Å². The number of aromatic carboxylic acids is 1. The number of aliphatic carboxylic acids is 1. The third-order valence-electron chi connectivity index (χ3n) is 2.67. The number of phenols is 1. The second kappa shape index (κ2) is 6.22. The van der Waals surface area contributed by atoms with Gasteiger partial charge < -0.3 is 30.5 Å². The fourth-order valence-electron chi connectivity index (χ4n) is 1.33. The van der Waals surface area contributed by atoms with Gasteiger partial charge in [0.15, 0.2) is 5.60 Å². The number of methoxy groups -OCH3 is 1. The summed E-state index contributed by atoms with van der Waals surface area (Å²) < 4.78 is 4.78. The molecule has 0 aromatic heterocycles. The Hall–Kier alpha value is -2.32. The monoisotopic (exact) mass is 285 g/mol. The Balaban J connectivity index is 0.000000217. The molecule has 1 saturated heterocycles. The second-order valence-corrected chi connectivity index (χ2v) is 4.13. The van der Waals surface area contributed by atoms with Crippen molar-refractivity contribution in [3.63, 3.8) is 0 Å². The van der Waals surface area contributed by atoms with E-state index in [0.29, 0.717) is 5.75 Å². The van der Waals surface area contributed by atoms with E-state index in [0.717, 1.165) is 0 Å². The SMILES string of the molecule is COc1ccc(C(=O)O)c(O)c1.O=C(O)C1(O)CNC1. The maximum Gasteiger partial charge on any atom is 0.339 e. The number of carbonyl (C=O) groups is 2. The Morgan fingerprint density at radius 1 is 1.30 bits per heavy atom. The molecule has 0 unspecified atom stereocenters. The quantitative estimate of drug-likeness (QED) is 0.501. The van der Waals surface area contributed by atoms with E-state index in [-0.39, 0.29) is 24.4 Å². The molecule has 0 aliphatic carbocycles. The van der Waals surface area contributed by atoms with Gasteiger partial charge in [-0.05, 0) is 12.1 Å². The van der Waals surface area contributed by atoms with E-state index in [2.05, 4.69) is 5.32 Å². The number of benzene rings is 1. The highest BCUT2D eigenvalue weighted by atomic mass is 16.5. The number of ether oxygens (including phenoxy) is 1. The van der Waals surface area contributed by atoms with E-state index in [9.17, 15) is 9.59 Å². The highest BCUT2D eigenvalue weighted by molar-refractivity contribution is 5.90. The molecule has 1 aliphatic rings. The second-order valence-electron chi connectivity index (χ2n) is 4.13. The molecule has 8 nitrogen and oxygen atoms in total. The van der Waals surface area contributed by atoms with Crippen LogP contribution < -0.4 is 10.1 Å². The average Bonchev–Trinajstić information content (AvgIpc) is 2.35. The zero-order chi connectivity index (χ0) is 15.3. The van der Waals surface area contributed by atoms with Crippen LogP contribution in [0.3, 0.4) is 0 Å². The molecular weight excluding hydrogens is 270 g/mol. The summed E-state index contributed by atoms with van der Waals surface area (Å²) in [4.78, 5) is 20.4. The molecule has 8 heteroatoms. The molecule has 1 aromatic rings. The van der Waals surface area contributed by atoms with Crippen molar-refractivity contribution < 1.29 is 34.8 Å². The van der Waals surface area contributed by atoms with E-state index in [1.165, 1.54) is 25.3 Å². The fraction of sp³-hybridized carbons (Fsp3) is 0.333. The Bertz CT molecular complexity index is 511. The van der Waals surface area contributed by atoms with E-state index in [4.69, 9.17) is 25.2 Å². The Labute approximate surface area is 114 Å². The lowest BCUT2D eigenvalue weighted by atomic mass is 9.98. The molecule has 0 spiro atoms. The minimum Gasteiger partial charge on any atom is -0.507 e. The van der Waals surface area contributed by atoms with Crippen LogP contribution >= 0.6 is 0 Å². The van der Waals surface area contributed by atoms with Crippen molar-refractivity contribution in [2.45, 2.75) is 5.60 Å². The van der Waals surface area contributed by atoms with Gasteiger partial charge in [0.1, 0.15) is 17.1 Å². The summed E-state index contributed by atoms with van der Waals surface area (Å²) in [5.41, 5.74) is -1.60. The minimum atomic E-state index is -1.47. The van der Waals surface area contributed by atoms with Crippen molar-refractivity contribution in [2.24, 2.45) is 0 Å². The number of carboxylic acid groups (broad SMARTS) is 2. The Morgan fingerprint density at radius 2 is 1.90 bits per heavy atom. The van der Waals surface area contributed by atoms with Crippen molar-refractivity contribution in [3.8, 4) is 11.5 Å². The number of β-amino-alcohol motifs (C(OH)–C–C–N with tert-alkyl or cyclic N) is 1. The van der Waals surface area contributed by atoms with Gasteiger partial charge in [0, 0.05) is 19.2 Å². The van der Waals surface area contributed by atoms with Crippen molar-refractivity contribution in [2.75, 3.05) is 20.2 Å². The largest absolute Gasteiger partial charge is 0.507 e. The van der Waals surface area contributed by atoms with Crippen molar-refractivity contribution in [1.82, 2.24) is 5.32 Å². The molecular formula is C12H15NO7. The van der Waals surface area contributed by atoms with Crippen molar-refractivity contribution >= 4 is 11.9 Å². The first-order chi connectivity index (χ1) is 9.30. The molecule has 1 aliphatic heterocycles. The van der Waals surface area contributed by atoms with Crippen LogP contribution in [0.15, 0.2) is 18.2 Å². The van der Waals surface area contributed by atoms with Crippen molar-refractivity contribution in [3.05, 3.63) is 23.8 Å². The predicted molar refractivity (Wildman–Crippen MR) is 67.1 cm³/mol. The highest BCUT2D eigenvalue weighted by Gasteiger charge is 2.42. The van der Waals surface area contributed by atoms with Gasteiger partial charge in [-0.15, -0.1) is 0 Å². The maximum absolute atomic E-state index is 10.4. The van der Waals surface area contributed by atoms with Gasteiger partial charge in [-0.2, -0.15) is 0 Å². The summed E-state index contributed by atoms with van der Waals surface area (Å²) in [5, 5.41) is 37.3. The molecule has 0 radical (unpaired) electrons. The molecule has 0 bridgehead atoms. The number of aliphatic hydroxyl groups is 1. The third kappa shape index (κ3) is 3.59. The lowest BCUT2D eigenvalue weighted by Gasteiger charge is -2.32. The number of hydrogen-bond acceptors (Lipinski definition) is 6. The van der Waals surface area contributed by atoms with Gasteiger partial charge in [0.05, 0.1) is 7.11 Å². The molecule has 0 saturated carbocycles. The van der Waals surface area contributed by atoms with E-state index >= 15 is 0 Å². The highest BCUT2D eigenvalue weighted by Crippen LogP contribution is 2.22. The van der Waals surface area contributed by atoms with Gasteiger partial charge in [0.25, 0.3) is 0 Å². The third-order valence-corrected chi connectivity index (χ3v) is 2.67. The zero-order valence-electron chi connectivity index (χ0n) is 10.7. The smallest absolute Gasteiger partial charge is 0.339 e. The van der Waals surface area contributed by atoms with Crippen molar-refractivity contribution in [1.29, 1.82) is 0 Å². The first-order valence-electron chi connectivity index (χ1n) is 5.57. The molecule has 1 heterocycles. The van der Waals surface area contributed by atoms with E-state index in [1.54, 1.807) is 0 Å². The molecule has 1 fully saturated rings. The molecule has 5 N–H and O–H groups in total. The molecule has 20 heavy (non-hydrogen) atoms. The molecule has 0 atom stereocenters. The summed E-state index contributed by atoms with van der Waals surface area (Å²) in [6.07, 6.45) is 0. The van der Waals surface area contributed by atoms with Crippen LogP contribution in [0, 0.1) is 0 Å². The maximum atomic E-state index is 10.4. The topological polar surface area (TPSA) is 136 Å². The van der Waals surface area contributed by atoms with Crippen LogP contribution in [-0.2, 0) is 4.79 Å². The van der Waals surface area contributed by atoms with Crippen LogP contribution in [0.1, 0.15) is 10.4 Å². The normalized spacial score (nSPS) is 15.3. The number of carboxylic acids is 2.